The summed E-state index contributed by atoms with van der Waals surface area (Å²) in [5, 5.41) is 0.930. The third-order valence-electron chi connectivity index (χ3n) is 6.43. The van der Waals surface area contributed by atoms with Crippen LogP contribution >= 0.6 is 22.9 Å². The SMILES string of the molecule is O=C(C1CCCN(S(=O)(=O)c2ccc(Cl)cc2)C1)N(CC1CCCO1)c1nc2ccc(F)cc2s1. The lowest BCUT2D eigenvalue weighted by molar-refractivity contribution is -0.123. The number of aromatic nitrogens is 1. The van der Waals surface area contributed by atoms with E-state index in [1.807, 2.05) is 0 Å². The Bertz CT molecular complexity index is 1330. The molecule has 3 aromatic rings. The van der Waals surface area contributed by atoms with Gasteiger partial charge in [-0.1, -0.05) is 22.9 Å². The molecule has 0 N–H and O–H groups in total. The van der Waals surface area contributed by atoms with Crippen LogP contribution in [0.4, 0.5) is 9.52 Å². The third kappa shape index (κ3) is 5.22. The summed E-state index contributed by atoms with van der Waals surface area (Å²) in [6.45, 7) is 1.42. The van der Waals surface area contributed by atoms with Gasteiger partial charge in [-0.15, -0.1) is 0 Å². The molecular formula is C24H25ClFN3O4S2. The van der Waals surface area contributed by atoms with Crippen molar-refractivity contribution in [3.8, 4) is 0 Å². The van der Waals surface area contributed by atoms with E-state index in [1.165, 1.54) is 39.9 Å². The minimum atomic E-state index is -3.76. The molecule has 0 saturated carbocycles. The van der Waals surface area contributed by atoms with Gasteiger partial charge in [0.05, 0.1) is 33.7 Å². The highest BCUT2D eigenvalue weighted by Gasteiger charge is 2.37. The molecule has 1 amide bonds. The molecular weight excluding hydrogens is 513 g/mol. The maximum atomic E-state index is 13.8. The molecule has 2 atom stereocenters. The Morgan fingerprint density at radius 2 is 2.00 bits per heavy atom. The Kier molecular flexibility index (Phi) is 7.09. The molecule has 0 aliphatic carbocycles. The van der Waals surface area contributed by atoms with Gasteiger partial charge in [-0.3, -0.25) is 9.69 Å². The van der Waals surface area contributed by atoms with Gasteiger partial charge in [-0.2, -0.15) is 4.31 Å². The van der Waals surface area contributed by atoms with Gasteiger partial charge in [-0.25, -0.2) is 17.8 Å². The highest BCUT2D eigenvalue weighted by atomic mass is 35.5. The van der Waals surface area contributed by atoms with Gasteiger partial charge in [0.15, 0.2) is 5.13 Å². The molecule has 2 fully saturated rings. The van der Waals surface area contributed by atoms with E-state index in [4.69, 9.17) is 16.3 Å². The predicted octanol–water partition coefficient (Wildman–Crippen LogP) is 4.70. The summed E-state index contributed by atoms with van der Waals surface area (Å²) in [6.07, 6.45) is 2.80. The van der Waals surface area contributed by atoms with Gasteiger partial charge < -0.3 is 4.74 Å². The molecule has 1 aromatic heterocycles. The molecule has 2 aromatic carbocycles. The highest BCUT2D eigenvalue weighted by molar-refractivity contribution is 7.89. The van der Waals surface area contributed by atoms with Crippen LogP contribution in [0.5, 0.6) is 0 Å². The number of halogens is 2. The summed E-state index contributed by atoms with van der Waals surface area (Å²) < 4.78 is 48.0. The Labute approximate surface area is 212 Å². The van der Waals surface area contributed by atoms with Crippen molar-refractivity contribution < 1.29 is 22.3 Å². The number of thiazole rings is 1. The van der Waals surface area contributed by atoms with E-state index in [9.17, 15) is 17.6 Å². The van der Waals surface area contributed by atoms with Gasteiger partial charge in [0, 0.05) is 24.7 Å². The fourth-order valence-electron chi connectivity index (χ4n) is 4.59. The second-order valence-electron chi connectivity index (χ2n) is 8.85. The van der Waals surface area contributed by atoms with Gasteiger partial charge in [0.2, 0.25) is 15.9 Å². The van der Waals surface area contributed by atoms with Crippen molar-refractivity contribution in [2.24, 2.45) is 5.92 Å². The number of amides is 1. The van der Waals surface area contributed by atoms with Crippen molar-refractivity contribution in [3.05, 3.63) is 53.3 Å². The Balaban J connectivity index is 1.41. The standard InChI is InChI=1S/C24H25ClFN3O4S2/c25-17-5-8-20(9-6-17)35(31,32)28-11-1-3-16(14-28)23(30)29(15-19-4-2-12-33-19)24-27-21-10-7-18(26)13-22(21)34-24/h5-10,13,16,19H,1-4,11-12,14-15H2. The number of sulfonamides is 1. The second kappa shape index (κ2) is 10.1. The van der Waals surface area contributed by atoms with Crippen molar-refractivity contribution in [2.75, 3.05) is 31.1 Å². The largest absolute Gasteiger partial charge is 0.376 e. The summed E-state index contributed by atoms with van der Waals surface area (Å²) >= 11 is 7.17. The van der Waals surface area contributed by atoms with E-state index in [0.717, 1.165) is 12.8 Å². The first-order valence-electron chi connectivity index (χ1n) is 11.6. The van der Waals surface area contributed by atoms with Gasteiger partial charge >= 0.3 is 0 Å². The van der Waals surface area contributed by atoms with Crippen molar-refractivity contribution in [2.45, 2.75) is 36.7 Å². The van der Waals surface area contributed by atoms with Crippen LogP contribution in [-0.2, 0) is 19.6 Å². The minimum absolute atomic E-state index is 0.0886. The molecule has 5 rings (SSSR count). The topological polar surface area (TPSA) is 79.8 Å². The average molecular weight is 538 g/mol. The molecule has 186 valence electrons. The number of carbonyl (C=O) groups excluding carboxylic acids is 1. The zero-order valence-electron chi connectivity index (χ0n) is 18.9. The van der Waals surface area contributed by atoms with E-state index in [1.54, 1.807) is 23.1 Å². The summed E-state index contributed by atoms with van der Waals surface area (Å²) in [6, 6.07) is 10.4. The molecule has 0 bridgehead atoms. The lowest BCUT2D eigenvalue weighted by Crippen LogP contribution is -2.48. The zero-order chi connectivity index (χ0) is 24.6. The number of carbonyl (C=O) groups is 1. The van der Waals surface area contributed by atoms with E-state index in [-0.39, 0.29) is 29.3 Å². The van der Waals surface area contributed by atoms with E-state index in [2.05, 4.69) is 4.98 Å². The summed E-state index contributed by atoms with van der Waals surface area (Å²) in [7, 11) is -3.76. The molecule has 35 heavy (non-hydrogen) atoms. The predicted molar refractivity (Wildman–Crippen MR) is 134 cm³/mol. The molecule has 2 unspecified atom stereocenters. The number of ether oxygens (including phenoxy) is 1. The van der Waals surface area contributed by atoms with Crippen molar-refractivity contribution in [1.82, 2.24) is 9.29 Å². The van der Waals surface area contributed by atoms with Gasteiger partial charge in [0.25, 0.3) is 0 Å². The Hall–Kier alpha value is -2.11. The first-order chi connectivity index (χ1) is 16.8. The monoisotopic (exact) mass is 537 g/mol. The second-order valence-corrected chi connectivity index (χ2v) is 12.2. The first kappa shape index (κ1) is 24.6. The molecule has 0 radical (unpaired) electrons. The maximum absolute atomic E-state index is 13.8. The van der Waals surface area contributed by atoms with Gasteiger partial charge in [-0.05, 0) is 68.1 Å². The normalized spacial score (nSPS) is 21.4. The van der Waals surface area contributed by atoms with Crippen LogP contribution in [0, 0.1) is 11.7 Å². The minimum Gasteiger partial charge on any atom is -0.376 e. The average Bonchev–Trinajstić information content (AvgIpc) is 3.52. The highest BCUT2D eigenvalue weighted by Crippen LogP contribution is 2.33. The van der Waals surface area contributed by atoms with Crippen LogP contribution < -0.4 is 4.90 Å². The quantitative estimate of drug-likeness (QED) is 0.455. The number of hydrogen-bond donors (Lipinski definition) is 0. The summed E-state index contributed by atoms with van der Waals surface area (Å²) in [5.74, 6) is -1.06. The van der Waals surface area contributed by atoms with E-state index in [0.29, 0.717) is 52.9 Å². The first-order valence-corrected chi connectivity index (χ1v) is 14.2. The number of piperidine rings is 1. The molecule has 2 aliphatic rings. The smallest absolute Gasteiger partial charge is 0.243 e. The number of rotatable bonds is 6. The fraction of sp³-hybridized carbons (Fsp3) is 0.417. The van der Waals surface area contributed by atoms with E-state index >= 15 is 0 Å². The maximum Gasteiger partial charge on any atom is 0.243 e. The zero-order valence-corrected chi connectivity index (χ0v) is 21.3. The molecule has 2 saturated heterocycles. The summed E-state index contributed by atoms with van der Waals surface area (Å²) in [4.78, 5) is 20.2. The van der Waals surface area contributed by atoms with Crippen molar-refractivity contribution in [3.63, 3.8) is 0 Å². The number of hydrogen-bond acceptors (Lipinski definition) is 6. The van der Waals surface area contributed by atoms with Crippen molar-refractivity contribution >= 4 is 54.2 Å². The van der Waals surface area contributed by atoms with E-state index < -0.39 is 15.9 Å². The Morgan fingerprint density at radius 3 is 2.74 bits per heavy atom. The molecule has 3 heterocycles. The van der Waals surface area contributed by atoms with Crippen molar-refractivity contribution in [1.29, 1.82) is 0 Å². The van der Waals surface area contributed by atoms with Crippen LogP contribution in [0.2, 0.25) is 5.02 Å². The third-order valence-corrected chi connectivity index (χ3v) is 9.60. The fourth-order valence-corrected chi connectivity index (χ4v) is 7.25. The van der Waals surface area contributed by atoms with Crippen LogP contribution in [0.15, 0.2) is 47.4 Å². The molecule has 7 nitrogen and oxygen atoms in total. The lowest BCUT2D eigenvalue weighted by Gasteiger charge is -2.34. The Morgan fingerprint density at radius 1 is 1.20 bits per heavy atom. The van der Waals surface area contributed by atoms with Crippen LogP contribution in [-0.4, -0.2) is 56.0 Å². The number of nitrogens with zero attached hydrogens (tertiary/aromatic N) is 3. The van der Waals surface area contributed by atoms with Crippen LogP contribution in [0.25, 0.3) is 10.2 Å². The number of fused-ring (bicyclic) bond motifs is 1. The number of benzene rings is 2. The summed E-state index contributed by atoms with van der Waals surface area (Å²) in [5.41, 5.74) is 0.618. The number of anilines is 1. The van der Waals surface area contributed by atoms with Crippen LogP contribution in [0.1, 0.15) is 25.7 Å². The lowest BCUT2D eigenvalue weighted by atomic mass is 9.98. The molecule has 11 heteroatoms. The molecule has 2 aliphatic heterocycles. The van der Waals surface area contributed by atoms with Crippen LogP contribution in [0.3, 0.4) is 0 Å². The molecule has 0 spiro atoms. The van der Waals surface area contributed by atoms with Gasteiger partial charge in [0.1, 0.15) is 5.82 Å².